The zero-order valence-electron chi connectivity index (χ0n) is 11.5. The Morgan fingerprint density at radius 2 is 2.10 bits per heavy atom. The van der Waals surface area contributed by atoms with Crippen molar-refractivity contribution >= 4 is 12.1 Å². The van der Waals surface area contributed by atoms with Crippen molar-refractivity contribution in [3.05, 3.63) is 35.9 Å². The smallest absolute Gasteiger partial charge is 0.410 e. The zero-order chi connectivity index (χ0) is 14.5. The van der Waals surface area contributed by atoms with Crippen LogP contribution in [0.15, 0.2) is 30.3 Å². The van der Waals surface area contributed by atoms with Crippen LogP contribution in [0.4, 0.5) is 4.79 Å². The number of benzene rings is 1. The number of carbonyl (C=O) groups excluding carboxylic acids is 1. The minimum Gasteiger partial charge on any atom is -0.481 e. The average molecular weight is 277 g/mol. The fourth-order valence-electron chi connectivity index (χ4n) is 2.37. The lowest BCUT2D eigenvalue weighted by Crippen LogP contribution is -2.31. The van der Waals surface area contributed by atoms with Crippen LogP contribution in [0.1, 0.15) is 18.9 Å². The molecule has 1 amide bonds. The third-order valence-electron chi connectivity index (χ3n) is 3.78. The normalized spacial score (nSPS) is 19.6. The van der Waals surface area contributed by atoms with E-state index in [1.54, 1.807) is 11.8 Å². The lowest BCUT2D eigenvalue weighted by Gasteiger charge is -2.18. The highest BCUT2D eigenvalue weighted by Gasteiger charge is 2.33. The van der Waals surface area contributed by atoms with Gasteiger partial charge in [0.15, 0.2) is 0 Å². The highest BCUT2D eigenvalue weighted by Crippen LogP contribution is 2.24. The molecule has 5 nitrogen and oxygen atoms in total. The molecule has 0 saturated carbocycles. The van der Waals surface area contributed by atoms with Crippen LogP contribution in [0.3, 0.4) is 0 Å². The third kappa shape index (κ3) is 3.50. The first kappa shape index (κ1) is 14.4. The Morgan fingerprint density at radius 3 is 2.75 bits per heavy atom. The fourth-order valence-corrected chi connectivity index (χ4v) is 2.37. The molecule has 1 N–H and O–H groups in total. The molecule has 20 heavy (non-hydrogen) atoms. The van der Waals surface area contributed by atoms with Gasteiger partial charge in [0.2, 0.25) is 0 Å². The molecule has 1 aromatic carbocycles. The van der Waals surface area contributed by atoms with E-state index in [0.29, 0.717) is 19.5 Å². The molecule has 0 bridgehead atoms. The lowest BCUT2D eigenvalue weighted by molar-refractivity contribution is -0.142. The van der Waals surface area contributed by atoms with Gasteiger partial charge in [-0.3, -0.25) is 4.79 Å². The number of amides is 1. The number of nitrogens with zero attached hydrogens (tertiary/aromatic N) is 1. The van der Waals surface area contributed by atoms with Crippen molar-refractivity contribution in [2.45, 2.75) is 20.0 Å². The molecule has 0 radical (unpaired) electrons. The summed E-state index contributed by atoms with van der Waals surface area (Å²) in [7, 11) is 0. The first-order valence-electron chi connectivity index (χ1n) is 6.76. The molecule has 1 aromatic rings. The summed E-state index contributed by atoms with van der Waals surface area (Å²) < 4.78 is 5.24. The van der Waals surface area contributed by atoms with Crippen molar-refractivity contribution < 1.29 is 19.4 Å². The summed E-state index contributed by atoms with van der Waals surface area (Å²) in [5.41, 5.74) is 0.940. The highest BCUT2D eigenvalue weighted by molar-refractivity contribution is 5.71. The molecule has 0 aliphatic carbocycles. The molecule has 2 unspecified atom stereocenters. The summed E-state index contributed by atoms with van der Waals surface area (Å²) in [6.45, 7) is 2.96. The van der Waals surface area contributed by atoms with Crippen LogP contribution < -0.4 is 0 Å². The van der Waals surface area contributed by atoms with Crippen molar-refractivity contribution in [2.24, 2.45) is 11.8 Å². The van der Waals surface area contributed by atoms with Gasteiger partial charge >= 0.3 is 12.1 Å². The Morgan fingerprint density at radius 1 is 1.40 bits per heavy atom. The van der Waals surface area contributed by atoms with E-state index in [2.05, 4.69) is 0 Å². The SMILES string of the molecule is CC(C(=O)O)C1CCN(C(=O)OCc2ccccc2)C1. The molecule has 2 rings (SSSR count). The van der Waals surface area contributed by atoms with Gasteiger partial charge in [0.1, 0.15) is 6.61 Å². The van der Waals surface area contributed by atoms with Crippen LogP contribution >= 0.6 is 0 Å². The van der Waals surface area contributed by atoms with Gasteiger partial charge in [0, 0.05) is 13.1 Å². The number of hydrogen-bond acceptors (Lipinski definition) is 3. The van der Waals surface area contributed by atoms with Gasteiger partial charge in [-0.1, -0.05) is 37.3 Å². The van der Waals surface area contributed by atoms with Gasteiger partial charge < -0.3 is 14.7 Å². The zero-order valence-corrected chi connectivity index (χ0v) is 11.5. The number of carbonyl (C=O) groups is 2. The van der Waals surface area contributed by atoms with E-state index in [1.807, 2.05) is 30.3 Å². The van der Waals surface area contributed by atoms with Crippen molar-refractivity contribution in [2.75, 3.05) is 13.1 Å². The molecule has 1 heterocycles. The minimum atomic E-state index is -0.811. The van der Waals surface area contributed by atoms with E-state index in [1.165, 1.54) is 0 Å². The maximum Gasteiger partial charge on any atom is 0.410 e. The van der Waals surface area contributed by atoms with Crippen molar-refractivity contribution in [1.29, 1.82) is 0 Å². The molecule has 0 spiro atoms. The molecule has 1 aliphatic heterocycles. The Labute approximate surface area is 118 Å². The number of hydrogen-bond donors (Lipinski definition) is 1. The molecule has 5 heteroatoms. The second-order valence-corrected chi connectivity index (χ2v) is 5.16. The molecule has 2 atom stereocenters. The largest absolute Gasteiger partial charge is 0.481 e. The topological polar surface area (TPSA) is 66.8 Å². The van der Waals surface area contributed by atoms with E-state index in [0.717, 1.165) is 5.56 Å². The van der Waals surface area contributed by atoms with E-state index >= 15 is 0 Å². The van der Waals surface area contributed by atoms with Crippen LogP contribution in [-0.2, 0) is 16.1 Å². The van der Waals surface area contributed by atoms with Gasteiger partial charge in [0.25, 0.3) is 0 Å². The predicted molar refractivity (Wildman–Crippen MR) is 73.1 cm³/mol. The second kappa shape index (κ2) is 6.41. The second-order valence-electron chi connectivity index (χ2n) is 5.16. The summed E-state index contributed by atoms with van der Waals surface area (Å²) in [6, 6.07) is 9.48. The lowest BCUT2D eigenvalue weighted by atomic mass is 9.94. The van der Waals surface area contributed by atoms with E-state index in [4.69, 9.17) is 9.84 Å². The molecule has 1 saturated heterocycles. The minimum absolute atomic E-state index is 0.0109. The van der Waals surface area contributed by atoms with Crippen molar-refractivity contribution in [1.82, 2.24) is 4.90 Å². The summed E-state index contributed by atoms with van der Waals surface area (Å²) in [4.78, 5) is 24.4. The molecular formula is C15H19NO4. The number of aliphatic carboxylic acids is 1. The summed E-state index contributed by atoms with van der Waals surface area (Å²) >= 11 is 0. The van der Waals surface area contributed by atoms with Gasteiger partial charge in [-0.25, -0.2) is 4.79 Å². The number of carboxylic acids is 1. The highest BCUT2D eigenvalue weighted by atomic mass is 16.6. The molecular weight excluding hydrogens is 258 g/mol. The Bertz CT molecular complexity index is 474. The Kier molecular flexibility index (Phi) is 4.61. The first-order chi connectivity index (χ1) is 9.58. The van der Waals surface area contributed by atoms with Crippen molar-refractivity contribution in [3.63, 3.8) is 0 Å². The number of ether oxygens (including phenoxy) is 1. The number of carboxylic acid groups (broad SMARTS) is 1. The monoisotopic (exact) mass is 277 g/mol. The summed E-state index contributed by atoms with van der Waals surface area (Å²) in [5.74, 6) is -1.23. The van der Waals surface area contributed by atoms with Crippen molar-refractivity contribution in [3.8, 4) is 0 Å². The van der Waals surface area contributed by atoms with Crippen LogP contribution in [0.2, 0.25) is 0 Å². The van der Waals surface area contributed by atoms with Crippen LogP contribution in [0, 0.1) is 11.8 Å². The molecule has 1 aliphatic rings. The first-order valence-corrected chi connectivity index (χ1v) is 6.76. The molecule has 0 aromatic heterocycles. The number of likely N-dealkylation sites (tertiary alicyclic amines) is 1. The van der Waals surface area contributed by atoms with Crippen LogP contribution in [-0.4, -0.2) is 35.2 Å². The van der Waals surface area contributed by atoms with E-state index in [-0.39, 0.29) is 18.6 Å². The maximum absolute atomic E-state index is 11.9. The van der Waals surface area contributed by atoms with Crippen LogP contribution in [0.25, 0.3) is 0 Å². The molecule has 108 valence electrons. The summed E-state index contributed by atoms with van der Waals surface area (Å²) in [6.07, 6.45) is 0.349. The van der Waals surface area contributed by atoms with E-state index in [9.17, 15) is 9.59 Å². The fraction of sp³-hybridized carbons (Fsp3) is 0.467. The van der Waals surface area contributed by atoms with Gasteiger partial charge in [0.05, 0.1) is 5.92 Å². The van der Waals surface area contributed by atoms with Crippen LogP contribution in [0.5, 0.6) is 0 Å². The quantitative estimate of drug-likeness (QED) is 0.917. The third-order valence-corrected chi connectivity index (χ3v) is 3.78. The van der Waals surface area contributed by atoms with Gasteiger partial charge in [-0.15, -0.1) is 0 Å². The average Bonchev–Trinajstić information content (AvgIpc) is 2.94. The molecule has 1 fully saturated rings. The van der Waals surface area contributed by atoms with Gasteiger partial charge in [-0.05, 0) is 17.9 Å². The maximum atomic E-state index is 11.9. The Hall–Kier alpha value is -2.04. The standard InChI is InChI=1S/C15H19NO4/c1-11(14(17)18)13-7-8-16(9-13)15(19)20-10-12-5-3-2-4-6-12/h2-6,11,13H,7-10H2,1H3,(H,17,18). The van der Waals surface area contributed by atoms with E-state index < -0.39 is 11.9 Å². The summed E-state index contributed by atoms with van der Waals surface area (Å²) in [5, 5.41) is 8.98. The predicted octanol–water partition coefficient (Wildman–Crippen LogP) is 2.37. The number of rotatable bonds is 4. The Balaban J connectivity index is 1.81. The van der Waals surface area contributed by atoms with Gasteiger partial charge in [-0.2, -0.15) is 0 Å².